The molecule has 1 aliphatic carbocycles. The van der Waals surface area contributed by atoms with Gasteiger partial charge in [-0.25, -0.2) is 4.98 Å². The quantitative estimate of drug-likeness (QED) is 0.0672. The number of carbonyl (C=O) groups excluding carboxylic acids is 4. The van der Waals surface area contributed by atoms with Crippen molar-refractivity contribution in [2.75, 3.05) is 6.54 Å². The van der Waals surface area contributed by atoms with Gasteiger partial charge < -0.3 is 30.7 Å². The summed E-state index contributed by atoms with van der Waals surface area (Å²) in [6.07, 6.45) is 5.99. The van der Waals surface area contributed by atoms with Crippen LogP contribution < -0.4 is 20.7 Å². The molecule has 0 spiro atoms. The van der Waals surface area contributed by atoms with Gasteiger partial charge >= 0.3 is 0 Å². The predicted octanol–water partition coefficient (Wildman–Crippen LogP) is 9.90. The van der Waals surface area contributed by atoms with Crippen LogP contribution >= 0.6 is 22.9 Å². The summed E-state index contributed by atoms with van der Waals surface area (Å²) in [5.41, 5.74) is 5.61. The van der Waals surface area contributed by atoms with E-state index in [4.69, 9.17) is 16.3 Å². The number of β-amino-alcohol motifs (C(OH)–C–C–N with tert-alkyl or cyclic N) is 1. The number of nitrogens with one attached hydrogen (secondary N) is 3. The fourth-order valence-corrected chi connectivity index (χ4v) is 11.2. The summed E-state index contributed by atoms with van der Waals surface area (Å²) in [6, 6.07) is 20.8. The number of likely N-dealkylation sites (tertiary alicyclic amines) is 1. The van der Waals surface area contributed by atoms with E-state index in [1.165, 1.54) is 10.5 Å². The van der Waals surface area contributed by atoms with E-state index in [1.807, 2.05) is 88.7 Å². The van der Waals surface area contributed by atoms with Crippen molar-refractivity contribution in [2.45, 2.75) is 156 Å². The number of aliphatic hydroxyl groups is 1. The van der Waals surface area contributed by atoms with E-state index in [-0.39, 0.29) is 65.6 Å². The Balaban J connectivity index is 0.887. The van der Waals surface area contributed by atoms with Crippen molar-refractivity contribution in [2.24, 2.45) is 16.2 Å². The maximum atomic E-state index is 14.1. The second kappa shape index (κ2) is 22.0. The number of unbranched alkanes of at least 4 members (excludes halogenated alkanes) is 5. The molecular weight excluding hydrogens is 896 g/mol. The van der Waals surface area contributed by atoms with Crippen LogP contribution in [0.1, 0.15) is 146 Å². The third-order valence-electron chi connectivity index (χ3n) is 13.8. The average Bonchev–Trinajstić information content (AvgIpc) is 3.91. The van der Waals surface area contributed by atoms with Gasteiger partial charge in [0, 0.05) is 47.9 Å². The Bertz CT molecular complexity index is 2440. The van der Waals surface area contributed by atoms with Gasteiger partial charge in [0.1, 0.15) is 30.0 Å². The second-order valence-corrected chi connectivity index (χ2v) is 22.3. The zero-order chi connectivity index (χ0) is 49.6. The number of aliphatic hydroxyl groups excluding tert-OH is 1. The molecule has 6 rings (SSSR count). The van der Waals surface area contributed by atoms with Gasteiger partial charge in [-0.1, -0.05) is 122 Å². The molecule has 4 atom stereocenters. The lowest BCUT2D eigenvalue weighted by atomic mass is 9.49. The average molecular weight is 966 g/mol. The van der Waals surface area contributed by atoms with Gasteiger partial charge in [0.15, 0.2) is 0 Å². The first kappa shape index (κ1) is 52.1. The van der Waals surface area contributed by atoms with Crippen molar-refractivity contribution in [1.29, 1.82) is 5.26 Å². The summed E-state index contributed by atoms with van der Waals surface area (Å²) in [5, 5.41) is 29.5. The lowest BCUT2D eigenvalue weighted by Gasteiger charge is -2.63. The van der Waals surface area contributed by atoms with Gasteiger partial charge in [0.25, 0.3) is 5.91 Å². The van der Waals surface area contributed by atoms with Crippen molar-refractivity contribution in [3.63, 3.8) is 0 Å². The topological polar surface area (TPSA) is 174 Å². The first-order chi connectivity index (χ1) is 32.1. The molecule has 3 aromatic carbocycles. The second-order valence-electron chi connectivity index (χ2n) is 21.0. The molecule has 14 heteroatoms. The highest BCUT2D eigenvalue weighted by atomic mass is 35.5. The Kier molecular flexibility index (Phi) is 16.8. The number of benzene rings is 3. The van der Waals surface area contributed by atoms with Crippen LogP contribution in [0.25, 0.3) is 10.4 Å². The maximum absolute atomic E-state index is 14.1. The molecular formula is C54H69ClN6O6S. The highest BCUT2D eigenvalue weighted by molar-refractivity contribution is 7.13. The number of ether oxygens (including phenoxy) is 1. The van der Waals surface area contributed by atoms with Gasteiger partial charge in [-0.15, -0.1) is 11.3 Å². The molecule has 1 saturated heterocycles. The number of hydrogen-bond donors (Lipinski definition) is 4. The maximum Gasteiger partial charge on any atom is 0.251 e. The number of nitriles is 1. The summed E-state index contributed by atoms with van der Waals surface area (Å²) >= 11 is 7.83. The predicted molar refractivity (Wildman–Crippen MR) is 268 cm³/mol. The highest BCUT2D eigenvalue weighted by Crippen LogP contribution is 2.55. The zero-order valence-corrected chi connectivity index (χ0v) is 42.7. The molecule has 364 valence electrons. The first-order valence-electron chi connectivity index (χ1n) is 24.0. The van der Waals surface area contributed by atoms with Crippen molar-refractivity contribution < 1.29 is 29.0 Å². The third-order valence-corrected chi connectivity index (χ3v) is 15.1. The zero-order valence-electron chi connectivity index (χ0n) is 41.1. The molecule has 12 nitrogen and oxygen atoms in total. The van der Waals surface area contributed by atoms with E-state index in [0.717, 1.165) is 60.2 Å². The van der Waals surface area contributed by atoms with Crippen molar-refractivity contribution in [3.05, 3.63) is 105 Å². The van der Waals surface area contributed by atoms with E-state index in [1.54, 1.807) is 29.5 Å². The Morgan fingerprint density at radius 2 is 1.59 bits per heavy atom. The molecule has 1 saturated carbocycles. The van der Waals surface area contributed by atoms with Gasteiger partial charge in [-0.3, -0.25) is 19.2 Å². The number of aryl methyl sites for hydroxylation is 2. The van der Waals surface area contributed by atoms with E-state index >= 15 is 0 Å². The molecule has 4 N–H and O–H groups in total. The Hall–Kier alpha value is -5.29. The molecule has 2 aliphatic rings. The van der Waals surface area contributed by atoms with Crippen molar-refractivity contribution >= 4 is 46.6 Å². The number of nitrogens with zero attached hydrogens (tertiary/aromatic N) is 3. The van der Waals surface area contributed by atoms with E-state index in [0.29, 0.717) is 34.7 Å². The largest absolute Gasteiger partial charge is 0.489 e. The molecule has 2 fully saturated rings. The normalized spacial score (nSPS) is 20.4. The SMILES string of the molecule is Cc1ncsc1-c1ccc(C(C)NC(=O)[C@@H]2C[C@@H](O)CN2C(=O)[C@@H](NC(=O)CCCCCCCCc2ccc(C(=O)N[C@H]3C(C)(C)[C@H](Oc4ccc(C#N)c(Cl)c4)C3(C)C)cc2)C(C)(C)C)cc1. The number of hydrogen-bond acceptors (Lipinski definition) is 9. The van der Waals surface area contributed by atoms with Crippen molar-refractivity contribution in [3.8, 4) is 22.3 Å². The molecule has 4 amide bonds. The molecule has 4 aromatic rings. The summed E-state index contributed by atoms with van der Waals surface area (Å²) in [7, 11) is 0. The minimum absolute atomic E-state index is 0.0229. The van der Waals surface area contributed by atoms with Crippen LogP contribution in [0.2, 0.25) is 5.02 Å². The van der Waals surface area contributed by atoms with E-state index < -0.39 is 23.6 Å². The monoisotopic (exact) mass is 964 g/mol. The lowest BCUT2D eigenvalue weighted by molar-refractivity contribution is -0.164. The fourth-order valence-electron chi connectivity index (χ4n) is 10.2. The Morgan fingerprint density at radius 1 is 0.941 bits per heavy atom. The van der Waals surface area contributed by atoms with Gasteiger partial charge in [-0.2, -0.15) is 5.26 Å². The lowest BCUT2D eigenvalue weighted by Crippen LogP contribution is -2.74. The number of halogens is 1. The standard InChI is InChI=1S/C54H69ClN6O6S/c1-33(36-22-24-37(25-23-36)45-34(2)57-32-68-45)58-48(65)43-28-40(62)31-61(43)49(66)46(52(3,4)5)59-44(63)17-15-13-11-10-12-14-16-35-18-20-38(21-19-35)47(64)60-50-53(6,7)51(54(50,8)9)67-41-27-26-39(30-56)42(55)29-41/h18-27,29,32-33,40,43,46,50-51,62H,10-17,28,31H2,1-9H3,(H,58,65)(H,59,63)(H,60,64)/t33?,40-,43+,46-,50-,51-/m1/s1. The number of rotatable bonds is 19. The molecule has 2 heterocycles. The third kappa shape index (κ3) is 12.3. The van der Waals surface area contributed by atoms with Crippen LogP contribution in [0.3, 0.4) is 0 Å². The summed E-state index contributed by atoms with van der Waals surface area (Å²) in [6.45, 7) is 17.9. The van der Waals surface area contributed by atoms with Crippen LogP contribution in [0.5, 0.6) is 5.75 Å². The number of amides is 4. The summed E-state index contributed by atoms with van der Waals surface area (Å²) < 4.78 is 6.37. The number of thiazole rings is 1. The fraction of sp³-hybridized carbons (Fsp3) is 0.519. The number of aromatic nitrogens is 1. The molecule has 0 bridgehead atoms. The Labute approximate surface area is 411 Å². The van der Waals surface area contributed by atoms with Crippen LogP contribution in [0.4, 0.5) is 0 Å². The minimum atomic E-state index is -0.864. The number of carbonyl (C=O) groups is 4. The van der Waals surface area contributed by atoms with Gasteiger partial charge in [0.05, 0.1) is 38.8 Å². The van der Waals surface area contributed by atoms with E-state index in [2.05, 4.69) is 54.7 Å². The van der Waals surface area contributed by atoms with Crippen LogP contribution in [-0.4, -0.2) is 75.5 Å². The molecule has 1 aromatic heterocycles. The molecule has 68 heavy (non-hydrogen) atoms. The van der Waals surface area contributed by atoms with E-state index in [9.17, 15) is 29.5 Å². The Morgan fingerprint density at radius 3 is 2.19 bits per heavy atom. The van der Waals surface area contributed by atoms with Crippen molar-refractivity contribution in [1.82, 2.24) is 25.8 Å². The smallest absolute Gasteiger partial charge is 0.251 e. The minimum Gasteiger partial charge on any atom is -0.489 e. The molecule has 0 radical (unpaired) electrons. The highest BCUT2D eigenvalue weighted by Gasteiger charge is 2.64. The van der Waals surface area contributed by atoms with Gasteiger partial charge in [-0.05, 0) is 79.5 Å². The van der Waals surface area contributed by atoms with Crippen LogP contribution in [0.15, 0.2) is 72.2 Å². The van der Waals surface area contributed by atoms with Crippen LogP contribution in [0, 0.1) is 34.5 Å². The summed E-state index contributed by atoms with van der Waals surface area (Å²) in [4.78, 5) is 61.3. The molecule has 1 unspecified atom stereocenters. The first-order valence-corrected chi connectivity index (χ1v) is 25.2. The molecule has 1 aliphatic heterocycles. The summed E-state index contributed by atoms with van der Waals surface area (Å²) in [5.74, 6) is -0.439. The van der Waals surface area contributed by atoms with Gasteiger partial charge in [0.2, 0.25) is 17.7 Å². The van der Waals surface area contributed by atoms with Crippen LogP contribution in [-0.2, 0) is 20.8 Å².